The van der Waals surface area contributed by atoms with Crippen LogP contribution in [0, 0.1) is 10.1 Å². The number of likely N-dealkylation sites (tertiary alicyclic amines) is 1. The van der Waals surface area contributed by atoms with Crippen molar-refractivity contribution in [3.63, 3.8) is 0 Å². The molecule has 1 aromatic rings. The van der Waals surface area contributed by atoms with Gasteiger partial charge in [0.05, 0.1) is 23.2 Å². The van der Waals surface area contributed by atoms with Crippen molar-refractivity contribution in [2.45, 2.75) is 12.8 Å². The maximum absolute atomic E-state index is 11.4. The van der Waals surface area contributed by atoms with Crippen LogP contribution in [0.4, 0.5) is 5.69 Å². The molecule has 0 spiro atoms. The molecule has 6 nitrogen and oxygen atoms in total. The van der Waals surface area contributed by atoms with Crippen LogP contribution in [0.3, 0.4) is 0 Å². The van der Waals surface area contributed by atoms with E-state index in [2.05, 4.69) is 9.64 Å². The van der Waals surface area contributed by atoms with Gasteiger partial charge < -0.3 is 9.64 Å². The number of nitrogens with zero attached hydrogens (tertiary/aromatic N) is 2. The highest BCUT2D eigenvalue weighted by atomic mass is 16.6. The molecule has 1 aromatic carbocycles. The molecule has 1 heterocycles. The Bertz CT molecular complexity index is 548. The van der Waals surface area contributed by atoms with E-state index in [0.29, 0.717) is 5.56 Å². The number of rotatable bonds is 4. The van der Waals surface area contributed by atoms with Crippen molar-refractivity contribution in [1.82, 2.24) is 4.90 Å². The van der Waals surface area contributed by atoms with Crippen molar-refractivity contribution in [2.75, 3.05) is 20.2 Å². The first-order chi connectivity index (χ1) is 9.61. The van der Waals surface area contributed by atoms with Crippen molar-refractivity contribution in [3.05, 3.63) is 45.6 Å². The second kappa shape index (κ2) is 6.18. The molecule has 2 rings (SSSR count). The first kappa shape index (κ1) is 14.0. The summed E-state index contributed by atoms with van der Waals surface area (Å²) in [6, 6.07) is 4.34. The standard InChI is InChI=1S/C14H16N2O4/c1-20-14(17)12-5-4-11(13(10-12)16(18)19)6-9-15-7-2-3-8-15/h4-6,9-10H,2-3,7-8H2,1H3. The smallest absolute Gasteiger partial charge is 0.338 e. The highest BCUT2D eigenvalue weighted by Crippen LogP contribution is 2.23. The predicted octanol–water partition coefficient (Wildman–Crippen LogP) is 2.45. The average Bonchev–Trinajstić information content (AvgIpc) is 2.97. The van der Waals surface area contributed by atoms with Crippen LogP contribution < -0.4 is 0 Å². The topological polar surface area (TPSA) is 72.7 Å². The zero-order chi connectivity index (χ0) is 14.5. The van der Waals surface area contributed by atoms with E-state index >= 15 is 0 Å². The van der Waals surface area contributed by atoms with Gasteiger partial charge in [0.2, 0.25) is 0 Å². The number of carbonyl (C=O) groups excluding carboxylic acids is 1. The number of benzene rings is 1. The van der Waals surface area contributed by atoms with Crippen molar-refractivity contribution in [2.24, 2.45) is 0 Å². The summed E-state index contributed by atoms with van der Waals surface area (Å²) < 4.78 is 4.56. The van der Waals surface area contributed by atoms with E-state index in [-0.39, 0.29) is 11.3 Å². The Morgan fingerprint density at radius 1 is 1.40 bits per heavy atom. The largest absolute Gasteiger partial charge is 0.465 e. The van der Waals surface area contributed by atoms with Gasteiger partial charge in [0, 0.05) is 19.2 Å². The molecule has 1 aliphatic heterocycles. The van der Waals surface area contributed by atoms with E-state index in [1.165, 1.54) is 19.2 Å². The quantitative estimate of drug-likeness (QED) is 0.480. The van der Waals surface area contributed by atoms with Gasteiger partial charge in [-0.3, -0.25) is 10.1 Å². The molecule has 1 saturated heterocycles. The number of esters is 1. The minimum atomic E-state index is -0.580. The molecule has 0 N–H and O–H groups in total. The Morgan fingerprint density at radius 3 is 2.70 bits per heavy atom. The summed E-state index contributed by atoms with van der Waals surface area (Å²) in [5.41, 5.74) is 0.565. The van der Waals surface area contributed by atoms with Crippen LogP contribution in [0.5, 0.6) is 0 Å². The third-order valence-corrected chi connectivity index (χ3v) is 3.25. The Balaban J connectivity index is 2.27. The fourth-order valence-electron chi connectivity index (χ4n) is 2.16. The van der Waals surface area contributed by atoms with Crippen molar-refractivity contribution >= 4 is 17.7 Å². The number of methoxy groups -OCH3 is 1. The van der Waals surface area contributed by atoms with E-state index in [9.17, 15) is 14.9 Å². The molecule has 0 aliphatic carbocycles. The Labute approximate surface area is 116 Å². The van der Waals surface area contributed by atoms with E-state index < -0.39 is 10.9 Å². The summed E-state index contributed by atoms with van der Waals surface area (Å²) >= 11 is 0. The lowest BCUT2D eigenvalue weighted by Crippen LogP contribution is -2.10. The number of nitro benzene ring substituents is 1. The molecule has 20 heavy (non-hydrogen) atoms. The summed E-state index contributed by atoms with van der Waals surface area (Å²) in [5.74, 6) is -0.580. The zero-order valence-corrected chi connectivity index (χ0v) is 11.2. The molecular weight excluding hydrogens is 260 g/mol. The van der Waals surface area contributed by atoms with Gasteiger partial charge in [0.25, 0.3) is 5.69 Å². The van der Waals surface area contributed by atoms with Crippen LogP contribution in [0.15, 0.2) is 24.4 Å². The van der Waals surface area contributed by atoms with Gasteiger partial charge in [-0.2, -0.15) is 0 Å². The fourth-order valence-corrected chi connectivity index (χ4v) is 2.16. The normalized spacial score (nSPS) is 14.8. The molecule has 0 amide bonds. The van der Waals surface area contributed by atoms with E-state index in [0.717, 1.165) is 25.9 Å². The predicted molar refractivity (Wildman–Crippen MR) is 74.3 cm³/mol. The van der Waals surface area contributed by atoms with Gasteiger partial charge in [-0.25, -0.2) is 4.79 Å². The second-order valence-corrected chi connectivity index (χ2v) is 4.58. The Hall–Kier alpha value is -2.37. The van der Waals surface area contributed by atoms with Crippen LogP contribution in [-0.2, 0) is 4.74 Å². The van der Waals surface area contributed by atoms with Gasteiger partial charge in [0.15, 0.2) is 0 Å². The highest BCUT2D eigenvalue weighted by Gasteiger charge is 2.16. The molecule has 0 aromatic heterocycles. The molecule has 1 aliphatic rings. The fraction of sp³-hybridized carbons (Fsp3) is 0.357. The summed E-state index contributed by atoms with van der Waals surface area (Å²) in [4.78, 5) is 24.1. The van der Waals surface area contributed by atoms with Gasteiger partial charge in [-0.1, -0.05) is 0 Å². The summed E-state index contributed by atoms with van der Waals surface area (Å²) in [5, 5.41) is 11.1. The maximum Gasteiger partial charge on any atom is 0.338 e. The average molecular weight is 276 g/mol. The van der Waals surface area contributed by atoms with Crippen LogP contribution in [0.1, 0.15) is 28.8 Å². The van der Waals surface area contributed by atoms with Gasteiger partial charge in [0.1, 0.15) is 0 Å². The lowest BCUT2D eigenvalue weighted by atomic mass is 10.1. The molecule has 6 heteroatoms. The number of hydrogen-bond donors (Lipinski definition) is 0. The monoisotopic (exact) mass is 276 g/mol. The molecule has 0 atom stereocenters. The number of nitro groups is 1. The first-order valence-corrected chi connectivity index (χ1v) is 6.41. The minimum absolute atomic E-state index is 0.0941. The molecule has 106 valence electrons. The third-order valence-electron chi connectivity index (χ3n) is 3.25. The van der Waals surface area contributed by atoms with Crippen LogP contribution in [-0.4, -0.2) is 36.0 Å². The zero-order valence-electron chi connectivity index (χ0n) is 11.2. The lowest BCUT2D eigenvalue weighted by molar-refractivity contribution is -0.385. The van der Waals surface area contributed by atoms with Crippen molar-refractivity contribution in [3.8, 4) is 0 Å². The summed E-state index contributed by atoms with van der Waals surface area (Å²) in [7, 11) is 1.25. The van der Waals surface area contributed by atoms with Crippen molar-refractivity contribution in [1.29, 1.82) is 0 Å². The van der Waals surface area contributed by atoms with Crippen LogP contribution in [0.2, 0.25) is 0 Å². The first-order valence-electron chi connectivity index (χ1n) is 6.41. The van der Waals surface area contributed by atoms with E-state index in [1.54, 1.807) is 12.1 Å². The van der Waals surface area contributed by atoms with Crippen molar-refractivity contribution < 1.29 is 14.5 Å². The number of ether oxygens (including phenoxy) is 1. The maximum atomic E-state index is 11.4. The van der Waals surface area contributed by atoms with Gasteiger partial charge >= 0.3 is 5.97 Å². The summed E-state index contributed by atoms with van der Waals surface area (Å²) in [6.07, 6.45) is 5.87. The number of carbonyl (C=O) groups is 1. The molecule has 0 bridgehead atoms. The SMILES string of the molecule is COC(=O)c1ccc(C=CN2CCCC2)c([N+](=O)[O-])c1. The molecule has 1 fully saturated rings. The van der Waals surface area contributed by atoms with Gasteiger partial charge in [-0.15, -0.1) is 0 Å². The molecule has 0 unspecified atom stereocenters. The van der Waals surface area contributed by atoms with E-state index in [4.69, 9.17) is 0 Å². The Kier molecular flexibility index (Phi) is 4.34. The second-order valence-electron chi connectivity index (χ2n) is 4.58. The van der Waals surface area contributed by atoms with Crippen LogP contribution >= 0.6 is 0 Å². The molecule has 0 radical (unpaired) electrons. The summed E-state index contributed by atoms with van der Waals surface area (Å²) in [6.45, 7) is 1.95. The number of hydrogen-bond acceptors (Lipinski definition) is 5. The molecule has 0 saturated carbocycles. The van der Waals surface area contributed by atoms with Crippen LogP contribution in [0.25, 0.3) is 6.08 Å². The highest BCUT2D eigenvalue weighted by molar-refractivity contribution is 5.90. The Morgan fingerprint density at radius 2 is 2.10 bits per heavy atom. The lowest BCUT2D eigenvalue weighted by Gasteiger charge is -2.10. The van der Waals surface area contributed by atoms with Gasteiger partial charge in [-0.05, 0) is 37.3 Å². The third kappa shape index (κ3) is 3.14. The minimum Gasteiger partial charge on any atom is -0.465 e. The molecular formula is C14H16N2O4. The van der Waals surface area contributed by atoms with E-state index in [1.807, 2.05) is 6.20 Å².